The zero-order valence-corrected chi connectivity index (χ0v) is 7.14. The molecule has 0 N–H and O–H groups in total. The molecule has 0 saturated heterocycles. The summed E-state index contributed by atoms with van der Waals surface area (Å²) < 4.78 is 5.66. The Labute approximate surface area is 75.1 Å². The average molecular weight is 179 g/mol. The maximum atomic E-state index is 11.1. The molecule has 0 fully saturated rings. The summed E-state index contributed by atoms with van der Waals surface area (Å²) in [6.07, 6.45) is 4.09. The zero-order valence-electron chi connectivity index (χ0n) is 7.14. The normalized spacial score (nSPS) is 10.2. The summed E-state index contributed by atoms with van der Waals surface area (Å²) in [7, 11) is 1.28. The molecule has 0 aromatic carbocycles. The van der Waals surface area contributed by atoms with Crippen molar-refractivity contribution in [3.05, 3.63) is 40.8 Å². The highest BCUT2D eigenvalue weighted by atomic mass is 16.5. The van der Waals surface area contributed by atoms with E-state index in [1.54, 1.807) is 18.3 Å². The summed E-state index contributed by atoms with van der Waals surface area (Å²) in [5.41, 5.74) is -0.192. The second kappa shape index (κ2) is 4.25. The van der Waals surface area contributed by atoms with Crippen LogP contribution >= 0.6 is 0 Å². The van der Waals surface area contributed by atoms with Gasteiger partial charge >= 0.3 is 5.97 Å². The standard InChI is InChI=1S/C9H9NO3/c1-13-9(12)5-7-10-6-3-2-4-8(10)11/h2-7H,1H3/b7-5+. The highest BCUT2D eigenvalue weighted by Gasteiger charge is 1.91. The van der Waals surface area contributed by atoms with E-state index in [9.17, 15) is 9.59 Å². The van der Waals surface area contributed by atoms with E-state index < -0.39 is 5.97 Å². The molecule has 0 atom stereocenters. The van der Waals surface area contributed by atoms with Gasteiger partial charge in [-0.3, -0.25) is 9.36 Å². The molecule has 0 bridgehead atoms. The second-order valence-electron chi connectivity index (χ2n) is 2.29. The van der Waals surface area contributed by atoms with Crippen molar-refractivity contribution < 1.29 is 9.53 Å². The van der Waals surface area contributed by atoms with Crippen molar-refractivity contribution in [1.82, 2.24) is 4.57 Å². The molecule has 0 radical (unpaired) electrons. The first-order valence-corrected chi connectivity index (χ1v) is 3.67. The molecule has 13 heavy (non-hydrogen) atoms. The lowest BCUT2D eigenvalue weighted by Gasteiger charge is -1.95. The van der Waals surface area contributed by atoms with Crippen LogP contribution in [0.2, 0.25) is 0 Å². The van der Waals surface area contributed by atoms with Crippen LogP contribution in [-0.2, 0) is 9.53 Å². The Kier molecular flexibility index (Phi) is 3.03. The lowest BCUT2D eigenvalue weighted by atomic mass is 10.5. The Morgan fingerprint density at radius 3 is 2.92 bits per heavy atom. The third-order valence-electron chi connectivity index (χ3n) is 1.42. The van der Waals surface area contributed by atoms with Gasteiger partial charge in [0.05, 0.1) is 7.11 Å². The van der Waals surface area contributed by atoms with Crippen LogP contribution in [0.25, 0.3) is 6.20 Å². The third-order valence-corrected chi connectivity index (χ3v) is 1.42. The minimum absolute atomic E-state index is 0.192. The average Bonchev–Trinajstić information content (AvgIpc) is 2.16. The summed E-state index contributed by atoms with van der Waals surface area (Å²) in [6.45, 7) is 0. The first-order valence-electron chi connectivity index (χ1n) is 3.67. The zero-order chi connectivity index (χ0) is 9.68. The number of hydrogen-bond acceptors (Lipinski definition) is 3. The third kappa shape index (κ3) is 2.59. The van der Waals surface area contributed by atoms with E-state index in [-0.39, 0.29) is 5.56 Å². The van der Waals surface area contributed by atoms with E-state index in [0.717, 1.165) is 0 Å². The number of carbonyl (C=O) groups is 1. The predicted molar refractivity (Wildman–Crippen MR) is 48.0 cm³/mol. The van der Waals surface area contributed by atoms with Gasteiger partial charge < -0.3 is 4.74 Å². The van der Waals surface area contributed by atoms with E-state index in [0.29, 0.717) is 0 Å². The van der Waals surface area contributed by atoms with Crippen LogP contribution in [0.4, 0.5) is 0 Å². The SMILES string of the molecule is COC(=O)/C=C/n1ccccc1=O. The first kappa shape index (κ1) is 9.25. The molecule has 1 aromatic rings. The van der Waals surface area contributed by atoms with Gasteiger partial charge in [-0.2, -0.15) is 0 Å². The predicted octanol–water partition coefficient (Wildman–Crippen LogP) is 0.492. The Bertz CT molecular complexity index is 378. The van der Waals surface area contributed by atoms with Crippen molar-refractivity contribution in [2.45, 2.75) is 0 Å². The van der Waals surface area contributed by atoms with Crippen LogP contribution in [0.1, 0.15) is 0 Å². The molecule has 4 heteroatoms. The molecule has 0 aliphatic carbocycles. The van der Waals surface area contributed by atoms with E-state index >= 15 is 0 Å². The molecule has 1 rings (SSSR count). The van der Waals surface area contributed by atoms with Crippen LogP contribution in [0.15, 0.2) is 35.3 Å². The number of ether oxygens (including phenoxy) is 1. The molecular weight excluding hydrogens is 170 g/mol. The number of nitrogens with zero attached hydrogens (tertiary/aromatic N) is 1. The van der Waals surface area contributed by atoms with Crippen LogP contribution in [0.3, 0.4) is 0 Å². The molecule has 4 nitrogen and oxygen atoms in total. The number of esters is 1. The molecule has 0 unspecified atom stereocenters. The lowest BCUT2D eigenvalue weighted by Crippen LogP contribution is -2.12. The Morgan fingerprint density at radius 2 is 2.31 bits per heavy atom. The maximum absolute atomic E-state index is 11.1. The maximum Gasteiger partial charge on any atom is 0.331 e. The van der Waals surface area contributed by atoms with Crippen molar-refractivity contribution in [3.63, 3.8) is 0 Å². The van der Waals surface area contributed by atoms with Gasteiger partial charge in [0, 0.05) is 24.5 Å². The van der Waals surface area contributed by atoms with Crippen molar-refractivity contribution in [3.8, 4) is 0 Å². The molecule has 0 aliphatic heterocycles. The molecular formula is C9H9NO3. The summed E-state index contributed by atoms with van der Waals surface area (Å²) >= 11 is 0. The Hall–Kier alpha value is -1.84. The smallest absolute Gasteiger partial charge is 0.331 e. The number of hydrogen-bond donors (Lipinski definition) is 0. The fourth-order valence-corrected chi connectivity index (χ4v) is 0.772. The van der Waals surface area contributed by atoms with Crippen LogP contribution < -0.4 is 5.56 Å². The first-order chi connectivity index (χ1) is 6.24. The molecule has 1 heterocycles. The van der Waals surface area contributed by atoms with Crippen molar-refractivity contribution in [1.29, 1.82) is 0 Å². The van der Waals surface area contributed by atoms with Gasteiger partial charge in [-0.1, -0.05) is 6.07 Å². The largest absolute Gasteiger partial charge is 0.466 e. The summed E-state index contributed by atoms with van der Waals surface area (Å²) in [4.78, 5) is 21.8. The number of aromatic nitrogens is 1. The molecule has 0 amide bonds. The number of methoxy groups -OCH3 is 1. The van der Waals surface area contributed by atoms with Crippen LogP contribution in [-0.4, -0.2) is 17.6 Å². The topological polar surface area (TPSA) is 48.3 Å². The number of pyridine rings is 1. The lowest BCUT2D eigenvalue weighted by molar-refractivity contribution is -0.134. The fraction of sp³-hybridized carbons (Fsp3) is 0.111. The van der Waals surface area contributed by atoms with Gasteiger partial charge in [0.25, 0.3) is 5.56 Å². The minimum atomic E-state index is -0.490. The highest BCUT2D eigenvalue weighted by molar-refractivity contribution is 5.84. The van der Waals surface area contributed by atoms with Gasteiger partial charge in [0.1, 0.15) is 0 Å². The van der Waals surface area contributed by atoms with Crippen LogP contribution in [0, 0.1) is 0 Å². The quantitative estimate of drug-likeness (QED) is 0.490. The van der Waals surface area contributed by atoms with Crippen molar-refractivity contribution in [2.24, 2.45) is 0 Å². The molecule has 0 saturated carbocycles. The van der Waals surface area contributed by atoms with E-state index in [1.807, 2.05) is 0 Å². The number of carbonyl (C=O) groups excluding carboxylic acids is 1. The van der Waals surface area contributed by atoms with Gasteiger partial charge in [0.2, 0.25) is 0 Å². The summed E-state index contributed by atoms with van der Waals surface area (Å²) in [5, 5.41) is 0. The number of rotatable bonds is 2. The van der Waals surface area contributed by atoms with E-state index in [4.69, 9.17) is 0 Å². The van der Waals surface area contributed by atoms with Gasteiger partial charge in [-0.25, -0.2) is 4.79 Å². The molecule has 0 aliphatic rings. The molecule has 68 valence electrons. The summed E-state index contributed by atoms with van der Waals surface area (Å²) in [6, 6.07) is 4.73. The van der Waals surface area contributed by atoms with E-state index in [2.05, 4.69) is 4.74 Å². The summed E-state index contributed by atoms with van der Waals surface area (Å²) in [5.74, 6) is -0.490. The van der Waals surface area contributed by atoms with Crippen molar-refractivity contribution >= 4 is 12.2 Å². The van der Waals surface area contributed by atoms with Gasteiger partial charge in [-0.05, 0) is 6.07 Å². The van der Waals surface area contributed by atoms with Gasteiger partial charge in [-0.15, -0.1) is 0 Å². The monoisotopic (exact) mass is 179 g/mol. The second-order valence-corrected chi connectivity index (χ2v) is 2.29. The van der Waals surface area contributed by atoms with Gasteiger partial charge in [0.15, 0.2) is 0 Å². The molecule has 1 aromatic heterocycles. The highest BCUT2D eigenvalue weighted by Crippen LogP contribution is 1.84. The minimum Gasteiger partial charge on any atom is -0.466 e. The van der Waals surface area contributed by atoms with Crippen LogP contribution in [0.5, 0.6) is 0 Å². The van der Waals surface area contributed by atoms with E-state index in [1.165, 1.54) is 30.0 Å². The fourth-order valence-electron chi connectivity index (χ4n) is 0.772. The van der Waals surface area contributed by atoms with Crippen molar-refractivity contribution in [2.75, 3.05) is 7.11 Å². The Morgan fingerprint density at radius 1 is 1.54 bits per heavy atom. The Balaban J connectivity index is 2.86. The molecule has 0 spiro atoms.